The normalized spacial score (nSPS) is 13.7. The molecule has 0 saturated carbocycles. The Kier molecular flexibility index (Phi) is 5.78. The van der Waals surface area contributed by atoms with Gasteiger partial charge >= 0.3 is 0 Å². The molecule has 0 spiro atoms. The molecule has 0 aliphatic carbocycles. The summed E-state index contributed by atoms with van der Waals surface area (Å²) < 4.78 is 5.47. The van der Waals surface area contributed by atoms with Crippen molar-refractivity contribution in [3.63, 3.8) is 0 Å². The van der Waals surface area contributed by atoms with Crippen LogP contribution < -0.4 is 15.0 Å². The van der Waals surface area contributed by atoms with Crippen molar-refractivity contribution in [2.45, 2.75) is 13.8 Å². The van der Waals surface area contributed by atoms with Crippen LogP contribution >= 0.6 is 11.6 Å². The van der Waals surface area contributed by atoms with Gasteiger partial charge in [0.15, 0.2) is 0 Å². The summed E-state index contributed by atoms with van der Waals surface area (Å²) in [7, 11) is 0. The van der Waals surface area contributed by atoms with Crippen LogP contribution in [0.5, 0.6) is 5.75 Å². The largest absolute Gasteiger partial charge is 0.494 e. The molecule has 3 aromatic rings. The Balaban J connectivity index is 1.77. The van der Waals surface area contributed by atoms with E-state index in [-0.39, 0.29) is 11.6 Å². The van der Waals surface area contributed by atoms with Crippen molar-refractivity contribution in [1.29, 1.82) is 0 Å². The molecular formula is C25H21ClN2O3. The number of halogens is 1. The number of rotatable bonds is 6. The maximum atomic E-state index is 13.4. The van der Waals surface area contributed by atoms with Crippen LogP contribution in [0.25, 0.3) is 5.57 Å². The predicted octanol–water partition coefficient (Wildman–Crippen LogP) is 5.44. The Morgan fingerprint density at radius 3 is 2.29 bits per heavy atom. The van der Waals surface area contributed by atoms with Crippen molar-refractivity contribution < 1.29 is 14.3 Å². The molecule has 0 atom stereocenters. The number of nitrogens with one attached hydrogen (secondary N) is 1. The molecule has 0 aromatic heterocycles. The van der Waals surface area contributed by atoms with Crippen LogP contribution in [0.15, 0.2) is 78.5 Å². The molecule has 1 aliphatic rings. The van der Waals surface area contributed by atoms with Gasteiger partial charge < -0.3 is 10.1 Å². The molecule has 3 aromatic carbocycles. The van der Waals surface area contributed by atoms with Gasteiger partial charge in [-0.05, 0) is 67.4 Å². The Bertz CT molecular complexity index is 1170. The Morgan fingerprint density at radius 1 is 0.935 bits per heavy atom. The number of amides is 2. The summed E-state index contributed by atoms with van der Waals surface area (Å²) in [4.78, 5) is 28.0. The van der Waals surface area contributed by atoms with E-state index in [2.05, 4.69) is 5.32 Å². The predicted molar refractivity (Wildman–Crippen MR) is 123 cm³/mol. The first kappa shape index (κ1) is 20.7. The van der Waals surface area contributed by atoms with Crippen molar-refractivity contribution in [1.82, 2.24) is 0 Å². The zero-order valence-electron chi connectivity index (χ0n) is 17.2. The van der Waals surface area contributed by atoms with Crippen molar-refractivity contribution in [2.75, 3.05) is 16.8 Å². The number of aryl methyl sites for hydroxylation is 1. The molecule has 1 N–H and O–H groups in total. The van der Waals surface area contributed by atoms with Crippen molar-refractivity contribution in [3.8, 4) is 5.75 Å². The lowest BCUT2D eigenvalue weighted by Gasteiger charge is -2.16. The van der Waals surface area contributed by atoms with Crippen molar-refractivity contribution in [2.24, 2.45) is 0 Å². The second kappa shape index (κ2) is 8.66. The fourth-order valence-corrected chi connectivity index (χ4v) is 3.74. The Labute approximate surface area is 185 Å². The molecule has 2 amide bonds. The fraction of sp³-hybridized carbons (Fsp3) is 0.120. The number of hydrogen-bond acceptors (Lipinski definition) is 4. The average Bonchev–Trinajstić information content (AvgIpc) is 3.01. The van der Waals surface area contributed by atoms with E-state index in [1.807, 2.05) is 44.2 Å². The lowest BCUT2D eigenvalue weighted by molar-refractivity contribution is -0.120. The van der Waals surface area contributed by atoms with Crippen LogP contribution in [0.2, 0.25) is 5.02 Å². The third-order valence-corrected chi connectivity index (χ3v) is 5.24. The lowest BCUT2D eigenvalue weighted by Crippen LogP contribution is -2.32. The molecule has 1 heterocycles. The fourth-order valence-electron chi connectivity index (χ4n) is 3.51. The van der Waals surface area contributed by atoms with Crippen LogP contribution in [-0.4, -0.2) is 18.4 Å². The average molecular weight is 433 g/mol. The summed E-state index contributed by atoms with van der Waals surface area (Å²) in [5.41, 5.74) is 3.29. The smallest absolute Gasteiger partial charge is 0.282 e. The van der Waals surface area contributed by atoms with E-state index in [9.17, 15) is 9.59 Å². The molecule has 1 aliphatic heterocycles. The standard InChI is InChI=1S/C25H21ClN2O3/c1-3-31-20-12-10-19(11-13-20)28-24(29)22(17-7-5-4-6-8-17)23(25(28)30)27-21-14-9-18(26)15-16(21)2/h4-15,27H,3H2,1-2H3. The zero-order chi connectivity index (χ0) is 22.0. The molecular weight excluding hydrogens is 412 g/mol. The summed E-state index contributed by atoms with van der Waals surface area (Å²) in [6, 6.07) is 21.4. The van der Waals surface area contributed by atoms with E-state index in [1.165, 1.54) is 4.90 Å². The first-order valence-corrected chi connectivity index (χ1v) is 10.3. The topological polar surface area (TPSA) is 58.6 Å². The zero-order valence-corrected chi connectivity index (χ0v) is 17.9. The summed E-state index contributed by atoms with van der Waals surface area (Å²) >= 11 is 6.07. The third kappa shape index (κ3) is 4.05. The highest BCUT2D eigenvalue weighted by atomic mass is 35.5. The molecule has 0 fully saturated rings. The Morgan fingerprint density at radius 2 is 1.65 bits per heavy atom. The lowest BCUT2D eigenvalue weighted by atomic mass is 10.0. The summed E-state index contributed by atoms with van der Waals surface area (Å²) in [5.74, 6) is -0.117. The highest BCUT2D eigenvalue weighted by Crippen LogP contribution is 2.35. The molecule has 4 rings (SSSR count). The van der Waals surface area contributed by atoms with E-state index < -0.39 is 5.91 Å². The van der Waals surface area contributed by atoms with Gasteiger partial charge in [0.05, 0.1) is 17.9 Å². The molecule has 0 bridgehead atoms. The molecule has 0 saturated heterocycles. The summed E-state index contributed by atoms with van der Waals surface area (Å²) in [6.45, 7) is 4.33. The molecule has 6 heteroatoms. The Hall–Kier alpha value is -3.57. The van der Waals surface area contributed by atoms with Gasteiger partial charge in [-0.2, -0.15) is 0 Å². The molecule has 31 heavy (non-hydrogen) atoms. The summed E-state index contributed by atoms with van der Waals surface area (Å²) in [6.07, 6.45) is 0. The number of imide groups is 1. The summed E-state index contributed by atoms with van der Waals surface area (Å²) in [5, 5.41) is 3.78. The van der Waals surface area contributed by atoms with Gasteiger partial charge in [0, 0.05) is 10.7 Å². The quantitative estimate of drug-likeness (QED) is 0.526. The minimum Gasteiger partial charge on any atom is -0.494 e. The van der Waals surface area contributed by atoms with Crippen LogP contribution in [0.3, 0.4) is 0 Å². The monoisotopic (exact) mass is 432 g/mol. The highest BCUT2D eigenvalue weighted by Gasteiger charge is 2.40. The van der Waals surface area contributed by atoms with Gasteiger partial charge in [0.2, 0.25) is 0 Å². The number of carbonyl (C=O) groups excluding carboxylic acids is 2. The van der Waals surface area contributed by atoms with Crippen LogP contribution in [0.1, 0.15) is 18.1 Å². The highest BCUT2D eigenvalue weighted by molar-refractivity contribution is 6.46. The van der Waals surface area contributed by atoms with Gasteiger partial charge in [-0.1, -0.05) is 41.9 Å². The van der Waals surface area contributed by atoms with E-state index in [1.54, 1.807) is 42.5 Å². The first-order chi connectivity index (χ1) is 15.0. The van der Waals surface area contributed by atoms with Crippen molar-refractivity contribution in [3.05, 3.63) is 94.6 Å². The number of carbonyl (C=O) groups is 2. The molecule has 0 radical (unpaired) electrons. The van der Waals surface area contributed by atoms with E-state index in [0.717, 1.165) is 5.56 Å². The number of ether oxygens (including phenoxy) is 1. The minimum atomic E-state index is -0.414. The number of benzene rings is 3. The minimum absolute atomic E-state index is 0.232. The van der Waals surface area contributed by atoms with Crippen LogP contribution in [-0.2, 0) is 9.59 Å². The molecule has 5 nitrogen and oxygen atoms in total. The maximum absolute atomic E-state index is 13.4. The van der Waals surface area contributed by atoms with Crippen LogP contribution in [0, 0.1) is 6.92 Å². The number of hydrogen-bond donors (Lipinski definition) is 1. The maximum Gasteiger partial charge on any atom is 0.282 e. The number of nitrogens with zero attached hydrogens (tertiary/aromatic N) is 1. The van der Waals surface area contributed by atoms with Gasteiger partial charge in [0.1, 0.15) is 11.4 Å². The van der Waals surface area contributed by atoms with Crippen molar-refractivity contribution >= 4 is 40.4 Å². The van der Waals surface area contributed by atoms with E-state index >= 15 is 0 Å². The van der Waals surface area contributed by atoms with E-state index in [0.29, 0.717) is 39.9 Å². The van der Waals surface area contributed by atoms with Gasteiger partial charge in [-0.25, -0.2) is 4.90 Å². The second-order valence-corrected chi connectivity index (χ2v) is 7.51. The van der Waals surface area contributed by atoms with Gasteiger partial charge in [0.25, 0.3) is 11.8 Å². The molecule has 0 unspecified atom stereocenters. The third-order valence-electron chi connectivity index (χ3n) is 5.00. The number of anilines is 2. The van der Waals surface area contributed by atoms with Gasteiger partial charge in [-0.3, -0.25) is 9.59 Å². The second-order valence-electron chi connectivity index (χ2n) is 7.07. The SMILES string of the molecule is CCOc1ccc(N2C(=O)C(Nc3ccc(Cl)cc3C)=C(c3ccccc3)C2=O)cc1. The van der Waals surface area contributed by atoms with E-state index in [4.69, 9.17) is 16.3 Å². The molecule has 156 valence electrons. The first-order valence-electron chi connectivity index (χ1n) is 9.94. The van der Waals surface area contributed by atoms with Crippen LogP contribution in [0.4, 0.5) is 11.4 Å². The van der Waals surface area contributed by atoms with Gasteiger partial charge in [-0.15, -0.1) is 0 Å².